The molecule has 4 nitrogen and oxygen atoms in total. The molecule has 1 N–H and O–H groups in total. The van der Waals surface area contributed by atoms with E-state index in [1.54, 1.807) is 33.6 Å². The predicted molar refractivity (Wildman–Crippen MR) is 94.7 cm³/mol. The lowest BCUT2D eigenvalue weighted by Crippen LogP contribution is -2.26. The molecule has 3 aromatic rings. The fourth-order valence-electron chi connectivity index (χ4n) is 2.87. The molecule has 1 aliphatic heterocycles. The molecule has 0 spiro atoms. The third-order valence-corrected chi connectivity index (χ3v) is 6.21. The number of nitrogens with zero attached hydrogens (tertiary/aromatic N) is 2. The van der Waals surface area contributed by atoms with Crippen molar-refractivity contribution in [3.05, 3.63) is 49.5 Å². The molecule has 0 amide bonds. The number of hydrogen-bond acceptors (Lipinski definition) is 5. The number of fused-ring (bicyclic) bond motifs is 3. The maximum Gasteiger partial charge on any atom is 0.262 e. The molecule has 1 aliphatic rings. The Kier molecular flexibility index (Phi) is 4.36. The van der Waals surface area contributed by atoms with Crippen LogP contribution in [-0.2, 0) is 13.0 Å². The smallest absolute Gasteiger partial charge is 0.262 e. The van der Waals surface area contributed by atoms with Gasteiger partial charge >= 0.3 is 0 Å². The van der Waals surface area contributed by atoms with Crippen molar-refractivity contribution < 1.29 is 0 Å². The minimum absolute atomic E-state index is 0. The van der Waals surface area contributed by atoms with Gasteiger partial charge in [-0.3, -0.25) is 9.36 Å². The van der Waals surface area contributed by atoms with Gasteiger partial charge < -0.3 is 5.32 Å². The Labute approximate surface area is 142 Å². The summed E-state index contributed by atoms with van der Waals surface area (Å²) >= 11 is 3.32. The van der Waals surface area contributed by atoms with Gasteiger partial charge in [-0.15, -0.1) is 35.1 Å². The Morgan fingerprint density at radius 3 is 3.09 bits per heavy atom. The van der Waals surface area contributed by atoms with Gasteiger partial charge in [-0.1, -0.05) is 6.07 Å². The summed E-state index contributed by atoms with van der Waals surface area (Å²) in [4.78, 5) is 20.8. The van der Waals surface area contributed by atoms with E-state index in [4.69, 9.17) is 0 Å². The molecular formula is C15H16ClN3OS2. The number of hydrogen-bond donors (Lipinski definition) is 1. The predicted octanol–water partition coefficient (Wildman–Crippen LogP) is 3.20. The van der Waals surface area contributed by atoms with E-state index in [-0.39, 0.29) is 24.0 Å². The van der Waals surface area contributed by atoms with Crippen molar-refractivity contribution in [3.8, 4) is 0 Å². The average Bonchev–Trinajstić information content (AvgIpc) is 3.14. The van der Waals surface area contributed by atoms with E-state index in [2.05, 4.69) is 23.3 Å². The summed E-state index contributed by atoms with van der Waals surface area (Å²) in [6.07, 6.45) is 2.62. The molecule has 4 rings (SSSR count). The molecule has 3 aromatic heterocycles. The van der Waals surface area contributed by atoms with Crippen LogP contribution in [0.5, 0.6) is 0 Å². The van der Waals surface area contributed by atoms with Gasteiger partial charge in [0.15, 0.2) is 0 Å². The van der Waals surface area contributed by atoms with Gasteiger partial charge in [0.2, 0.25) is 0 Å². The molecule has 116 valence electrons. The first kappa shape index (κ1) is 15.7. The van der Waals surface area contributed by atoms with E-state index in [0.717, 1.165) is 29.7 Å². The molecule has 0 fully saturated rings. The first-order chi connectivity index (χ1) is 10.3. The van der Waals surface area contributed by atoms with E-state index in [9.17, 15) is 4.79 Å². The van der Waals surface area contributed by atoms with Crippen molar-refractivity contribution in [2.75, 3.05) is 6.54 Å². The zero-order chi connectivity index (χ0) is 14.4. The molecule has 1 unspecified atom stereocenters. The molecule has 0 bridgehead atoms. The summed E-state index contributed by atoms with van der Waals surface area (Å²) in [7, 11) is 0. The van der Waals surface area contributed by atoms with E-state index in [1.165, 1.54) is 15.3 Å². The maximum atomic E-state index is 12.9. The van der Waals surface area contributed by atoms with Crippen LogP contribution in [0.15, 0.2) is 28.6 Å². The molecule has 7 heteroatoms. The summed E-state index contributed by atoms with van der Waals surface area (Å²) in [5.74, 6) is 0. The highest BCUT2D eigenvalue weighted by atomic mass is 35.5. The Morgan fingerprint density at radius 1 is 1.45 bits per heavy atom. The number of halogens is 1. The second-order valence-electron chi connectivity index (χ2n) is 5.26. The van der Waals surface area contributed by atoms with Gasteiger partial charge in [-0.2, -0.15) is 0 Å². The lowest BCUT2D eigenvalue weighted by Gasteiger charge is -2.14. The van der Waals surface area contributed by atoms with Gasteiger partial charge in [-0.05, 0) is 36.9 Å². The monoisotopic (exact) mass is 353 g/mol. The minimum Gasteiger partial charge on any atom is -0.312 e. The summed E-state index contributed by atoms with van der Waals surface area (Å²) in [5, 5.41) is 6.23. The van der Waals surface area contributed by atoms with Crippen LogP contribution in [0.3, 0.4) is 0 Å². The quantitative estimate of drug-likeness (QED) is 0.769. The van der Waals surface area contributed by atoms with Crippen LogP contribution >= 0.6 is 35.1 Å². The van der Waals surface area contributed by atoms with Crippen LogP contribution in [0, 0.1) is 0 Å². The molecule has 0 saturated carbocycles. The molecule has 1 atom stereocenters. The standard InChI is InChI=1S/C15H15N3OS2.ClH/c1-9(11-3-2-6-20-11)18-8-17-14-13(15(18)19)10-4-5-16-7-12(10)21-14;/h2-3,6,8-9,16H,4-5,7H2,1H3;1H. The molecule has 0 saturated heterocycles. The SMILES string of the molecule is CC(c1cccs1)n1cnc2sc3c(c2c1=O)CCNC3.Cl. The highest BCUT2D eigenvalue weighted by Gasteiger charge is 2.21. The zero-order valence-electron chi connectivity index (χ0n) is 12.0. The first-order valence-corrected chi connectivity index (χ1v) is 8.71. The van der Waals surface area contributed by atoms with Crippen LogP contribution < -0.4 is 10.9 Å². The highest BCUT2D eigenvalue weighted by Crippen LogP contribution is 2.30. The van der Waals surface area contributed by atoms with Gasteiger partial charge in [0.25, 0.3) is 5.56 Å². The maximum absolute atomic E-state index is 12.9. The third-order valence-electron chi connectivity index (χ3n) is 4.03. The van der Waals surface area contributed by atoms with Crippen LogP contribution in [0.1, 0.15) is 28.3 Å². The van der Waals surface area contributed by atoms with Crippen LogP contribution in [0.2, 0.25) is 0 Å². The summed E-state index contributed by atoms with van der Waals surface area (Å²) < 4.78 is 1.77. The van der Waals surface area contributed by atoms with Gasteiger partial charge in [0, 0.05) is 16.3 Å². The minimum atomic E-state index is 0. The first-order valence-electron chi connectivity index (χ1n) is 7.01. The van der Waals surface area contributed by atoms with E-state index in [1.807, 2.05) is 11.4 Å². The van der Waals surface area contributed by atoms with Crippen molar-refractivity contribution in [1.29, 1.82) is 0 Å². The normalized spacial score (nSPS) is 15.3. The third kappa shape index (κ3) is 2.40. The summed E-state index contributed by atoms with van der Waals surface area (Å²) in [6.45, 7) is 3.85. The number of nitrogens with one attached hydrogen (secondary N) is 1. The van der Waals surface area contributed by atoms with Gasteiger partial charge in [0.05, 0.1) is 17.8 Å². The molecule has 0 radical (unpaired) electrons. The molecule has 4 heterocycles. The Hall–Kier alpha value is -1.21. The Bertz CT molecular complexity index is 854. The molecule has 22 heavy (non-hydrogen) atoms. The van der Waals surface area contributed by atoms with E-state index >= 15 is 0 Å². The summed E-state index contributed by atoms with van der Waals surface area (Å²) in [5.41, 5.74) is 1.30. The van der Waals surface area contributed by atoms with Crippen molar-refractivity contribution in [2.24, 2.45) is 0 Å². The fourth-order valence-corrected chi connectivity index (χ4v) is 4.80. The molecule has 0 aliphatic carbocycles. The molecular weight excluding hydrogens is 338 g/mol. The second-order valence-corrected chi connectivity index (χ2v) is 7.32. The number of aromatic nitrogens is 2. The Balaban J connectivity index is 0.00000144. The lowest BCUT2D eigenvalue weighted by atomic mass is 10.1. The topological polar surface area (TPSA) is 46.9 Å². The van der Waals surface area contributed by atoms with Crippen LogP contribution in [0.4, 0.5) is 0 Å². The van der Waals surface area contributed by atoms with Crippen LogP contribution in [0.25, 0.3) is 10.2 Å². The number of rotatable bonds is 2. The number of thiophene rings is 2. The van der Waals surface area contributed by atoms with E-state index in [0.29, 0.717) is 0 Å². The largest absolute Gasteiger partial charge is 0.312 e. The molecule has 0 aromatic carbocycles. The average molecular weight is 354 g/mol. The fraction of sp³-hybridized carbons (Fsp3) is 0.333. The van der Waals surface area contributed by atoms with Gasteiger partial charge in [0.1, 0.15) is 4.83 Å². The zero-order valence-corrected chi connectivity index (χ0v) is 14.5. The van der Waals surface area contributed by atoms with E-state index < -0.39 is 0 Å². The lowest BCUT2D eigenvalue weighted by molar-refractivity contribution is 0.617. The van der Waals surface area contributed by atoms with Gasteiger partial charge in [-0.25, -0.2) is 4.98 Å². The van der Waals surface area contributed by atoms with Crippen LogP contribution in [-0.4, -0.2) is 16.1 Å². The van der Waals surface area contributed by atoms with Crippen molar-refractivity contribution in [3.63, 3.8) is 0 Å². The van der Waals surface area contributed by atoms with Crippen molar-refractivity contribution in [2.45, 2.75) is 25.9 Å². The summed E-state index contributed by atoms with van der Waals surface area (Å²) in [6, 6.07) is 4.12. The van der Waals surface area contributed by atoms with Crippen molar-refractivity contribution >= 4 is 45.3 Å². The Morgan fingerprint density at radius 2 is 2.32 bits per heavy atom. The van der Waals surface area contributed by atoms with Crippen molar-refractivity contribution in [1.82, 2.24) is 14.9 Å². The highest BCUT2D eigenvalue weighted by molar-refractivity contribution is 7.18. The second kappa shape index (κ2) is 6.12.